The molecule has 1 atom stereocenters. The van der Waals surface area contributed by atoms with Crippen LogP contribution >= 0.6 is 0 Å². The minimum Gasteiger partial charge on any atom is -0.486 e. The number of hydrogen-bond acceptors (Lipinski definition) is 6. The molecular formula is C22H23N3O4. The Balaban J connectivity index is 1.56. The first-order valence-electron chi connectivity index (χ1n) is 9.48. The molecule has 7 nitrogen and oxygen atoms in total. The molecule has 3 aromatic rings. The van der Waals surface area contributed by atoms with E-state index in [0.717, 1.165) is 22.6 Å². The molecule has 0 fully saturated rings. The zero-order valence-corrected chi connectivity index (χ0v) is 16.4. The van der Waals surface area contributed by atoms with Crippen LogP contribution in [0.15, 0.2) is 59.1 Å². The lowest BCUT2D eigenvalue weighted by molar-refractivity contribution is -0.121. The molecular weight excluding hydrogens is 370 g/mol. The molecule has 1 unspecified atom stereocenters. The van der Waals surface area contributed by atoms with Gasteiger partial charge in [-0.2, -0.15) is 0 Å². The van der Waals surface area contributed by atoms with Crippen molar-refractivity contribution in [2.75, 3.05) is 25.6 Å². The van der Waals surface area contributed by atoms with Gasteiger partial charge in [0.1, 0.15) is 25.0 Å². The summed E-state index contributed by atoms with van der Waals surface area (Å²) in [5, 5.41) is 6.72. The molecule has 1 aliphatic heterocycles. The number of carbonyl (C=O) groups is 1. The number of fused-ring (bicyclic) bond motifs is 1. The van der Waals surface area contributed by atoms with Crippen molar-refractivity contribution in [3.05, 3.63) is 71.5 Å². The molecule has 29 heavy (non-hydrogen) atoms. The van der Waals surface area contributed by atoms with Gasteiger partial charge in [-0.3, -0.25) is 9.69 Å². The van der Waals surface area contributed by atoms with E-state index in [1.54, 1.807) is 13.0 Å². The second-order valence-corrected chi connectivity index (χ2v) is 7.02. The SMILES string of the molecule is Cc1cc(NC(=O)C(c2ccccc2)N(C)Cc2ccc3c(c2)OCCO3)no1. The summed E-state index contributed by atoms with van der Waals surface area (Å²) in [6.45, 7) is 3.44. The van der Waals surface area contributed by atoms with Crippen molar-refractivity contribution < 1.29 is 18.8 Å². The Kier molecular flexibility index (Phi) is 5.48. The Labute approximate surface area is 169 Å². The summed E-state index contributed by atoms with van der Waals surface area (Å²) in [7, 11) is 1.92. The molecule has 0 saturated carbocycles. The fraction of sp³-hybridized carbons (Fsp3) is 0.273. The molecule has 2 heterocycles. The van der Waals surface area contributed by atoms with Crippen LogP contribution in [0.3, 0.4) is 0 Å². The van der Waals surface area contributed by atoms with Gasteiger partial charge in [0.05, 0.1) is 0 Å². The first-order chi connectivity index (χ1) is 14.1. The number of ether oxygens (including phenoxy) is 2. The molecule has 2 aromatic carbocycles. The molecule has 1 aliphatic rings. The summed E-state index contributed by atoms with van der Waals surface area (Å²) in [6.07, 6.45) is 0. The zero-order valence-electron chi connectivity index (χ0n) is 16.4. The number of amides is 1. The second-order valence-electron chi connectivity index (χ2n) is 7.02. The minimum absolute atomic E-state index is 0.176. The highest BCUT2D eigenvalue weighted by atomic mass is 16.6. The van der Waals surface area contributed by atoms with Crippen LogP contribution < -0.4 is 14.8 Å². The van der Waals surface area contributed by atoms with Gasteiger partial charge in [0.2, 0.25) is 5.91 Å². The number of aryl methyl sites for hydroxylation is 1. The highest BCUT2D eigenvalue weighted by molar-refractivity contribution is 5.94. The number of nitrogens with zero attached hydrogens (tertiary/aromatic N) is 2. The van der Waals surface area contributed by atoms with Gasteiger partial charge in [-0.05, 0) is 37.2 Å². The van der Waals surface area contributed by atoms with Gasteiger partial charge in [0.15, 0.2) is 17.3 Å². The molecule has 0 spiro atoms. The van der Waals surface area contributed by atoms with E-state index >= 15 is 0 Å². The first-order valence-corrected chi connectivity index (χ1v) is 9.48. The Morgan fingerprint density at radius 2 is 1.86 bits per heavy atom. The first kappa shape index (κ1) is 19.0. The fourth-order valence-electron chi connectivity index (χ4n) is 3.43. The predicted octanol–water partition coefficient (Wildman–Crippen LogP) is 3.57. The lowest BCUT2D eigenvalue weighted by Crippen LogP contribution is -2.34. The van der Waals surface area contributed by atoms with Crippen LogP contribution in [0.25, 0.3) is 0 Å². The zero-order chi connectivity index (χ0) is 20.2. The highest BCUT2D eigenvalue weighted by Gasteiger charge is 2.26. The van der Waals surface area contributed by atoms with Gasteiger partial charge in [-0.15, -0.1) is 0 Å². The van der Waals surface area contributed by atoms with Crippen molar-refractivity contribution in [3.8, 4) is 11.5 Å². The summed E-state index contributed by atoms with van der Waals surface area (Å²) in [6, 6.07) is 16.7. The monoisotopic (exact) mass is 393 g/mol. The molecule has 4 rings (SSSR count). The largest absolute Gasteiger partial charge is 0.486 e. The number of likely N-dealkylation sites (N-methyl/N-ethyl adjacent to an activating group) is 1. The smallest absolute Gasteiger partial charge is 0.247 e. The normalized spacial score (nSPS) is 13.9. The topological polar surface area (TPSA) is 76.8 Å². The van der Waals surface area contributed by atoms with Crippen molar-refractivity contribution in [1.29, 1.82) is 0 Å². The highest BCUT2D eigenvalue weighted by Crippen LogP contribution is 2.32. The van der Waals surface area contributed by atoms with Gasteiger partial charge in [-0.1, -0.05) is 41.6 Å². The van der Waals surface area contributed by atoms with Crippen LogP contribution in [0.5, 0.6) is 11.5 Å². The Hall–Kier alpha value is -3.32. The van der Waals surface area contributed by atoms with Crippen molar-refractivity contribution in [3.63, 3.8) is 0 Å². The third-order valence-corrected chi connectivity index (χ3v) is 4.72. The molecule has 0 aliphatic carbocycles. The Morgan fingerprint density at radius 3 is 2.59 bits per heavy atom. The molecule has 0 bridgehead atoms. The van der Waals surface area contributed by atoms with Crippen LogP contribution in [0, 0.1) is 6.92 Å². The number of anilines is 1. The molecule has 0 saturated heterocycles. The van der Waals surface area contributed by atoms with Crippen LogP contribution in [0.1, 0.15) is 22.9 Å². The number of nitrogens with one attached hydrogen (secondary N) is 1. The lowest BCUT2D eigenvalue weighted by Gasteiger charge is -2.28. The quantitative estimate of drug-likeness (QED) is 0.690. The third kappa shape index (κ3) is 4.41. The van der Waals surface area contributed by atoms with E-state index in [0.29, 0.717) is 31.3 Å². The Morgan fingerprint density at radius 1 is 1.10 bits per heavy atom. The van der Waals surface area contributed by atoms with Gasteiger partial charge in [0, 0.05) is 12.6 Å². The van der Waals surface area contributed by atoms with E-state index in [1.165, 1.54) is 0 Å². The van der Waals surface area contributed by atoms with Gasteiger partial charge < -0.3 is 19.3 Å². The second kappa shape index (κ2) is 8.36. The molecule has 1 amide bonds. The molecule has 1 N–H and O–H groups in total. The van der Waals surface area contributed by atoms with E-state index in [4.69, 9.17) is 14.0 Å². The summed E-state index contributed by atoms with van der Waals surface area (Å²) in [5.41, 5.74) is 1.92. The molecule has 1 aromatic heterocycles. The molecule has 150 valence electrons. The molecule has 7 heteroatoms. The summed E-state index contributed by atoms with van der Waals surface area (Å²) >= 11 is 0. The average molecular weight is 393 g/mol. The summed E-state index contributed by atoms with van der Waals surface area (Å²) < 4.78 is 16.3. The standard InChI is InChI=1S/C22H23N3O4/c1-15-12-20(24-29-15)23-22(26)21(17-6-4-3-5-7-17)25(2)14-16-8-9-18-19(13-16)28-11-10-27-18/h3-9,12-13,21H,10-11,14H2,1-2H3,(H,23,24,26). The third-order valence-electron chi connectivity index (χ3n) is 4.72. The van der Waals surface area contributed by atoms with Crippen molar-refractivity contribution in [2.45, 2.75) is 19.5 Å². The van der Waals surface area contributed by atoms with Crippen LogP contribution in [0.4, 0.5) is 5.82 Å². The average Bonchev–Trinajstić information content (AvgIpc) is 3.13. The Bertz CT molecular complexity index is 987. The number of benzene rings is 2. The maximum atomic E-state index is 13.1. The van der Waals surface area contributed by atoms with Crippen molar-refractivity contribution >= 4 is 11.7 Å². The molecule has 0 radical (unpaired) electrons. The fourth-order valence-corrected chi connectivity index (χ4v) is 3.43. The number of rotatable bonds is 6. The van der Waals surface area contributed by atoms with Crippen molar-refractivity contribution in [2.24, 2.45) is 0 Å². The maximum Gasteiger partial charge on any atom is 0.247 e. The van der Waals surface area contributed by atoms with E-state index in [2.05, 4.69) is 10.5 Å². The predicted molar refractivity (Wildman–Crippen MR) is 108 cm³/mol. The number of carbonyl (C=O) groups excluding carboxylic acids is 1. The van der Waals surface area contributed by atoms with Crippen LogP contribution in [-0.4, -0.2) is 36.2 Å². The van der Waals surface area contributed by atoms with Crippen LogP contribution in [0.2, 0.25) is 0 Å². The minimum atomic E-state index is -0.499. The van der Waals surface area contributed by atoms with Gasteiger partial charge >= 0.3 is 0 Å². The van der Waals surface area contributed by atoms with E-state index in [9.17, 15) is 4.79 Å². The number of hydrogen-bond donors (Lipinski definition) is 1. The van der Waals surface area contributed by atoms with Crippen LogP contribution in [-0.2, 0) is 11.3 Å². The van der Waals surface area contributed by atoms with Crippen molar-refractivity contribution in [1.82, 2.24) is 10.1 Å². The van der Waals surface area contributed by atoms with E-state index < -0.39 is 6.04 Å². The van der Waals surface area contributed by atoms with Gasteiger partial charge in [-0.25, -0.2) is 0 Å². The number of aromatic nitrogens is 1. The van der Waals surface area contributed by atoms with Gasteiger partial charge in [0.25, 0.3) is 0 Å². The van der Waals surface area contributed by atoms with E-state index in [1.807, 2.05) is 60.5 Å². The lowest BCUT2D eigenvalue weighted by atomic mass is 10.0. The van der Waals surface area contributed by atoms with E-state index in [-0.39, 0.29) is 5.91 Å². The maximum absolute atomic E-state index is 13.1. The summed E-state index contributed by atoms with van der Waals surface area (Å²) in [4.78, 5) is 15.1. The summed E-state index contributed by atoms with van der Waals surface area (Å²) in [5.74, 6) is 2.36.